The summed E-state index contributed by atoms with van der Waals surface area (Å²) >= 11 is 0. The Labute approximate surface area is 55.1 Å². The second-order valence-electron chi connectivity index (χ2n) is 3.10. The standard InChI is InChI=1S/C6H13NO2/c1-5(2)8-4-6(3,7)9-5/h4,7H2,1-3H3. The van der Waals surface area contributed by atoms with Crippen LogP contribution in [0.15, 0.2) is 0 Å². The van der Waals surface area contributed by atoms with E-state index in [2.05, 4.69) is 0 Å². The van der Waals surface area contributed by atoms with Crippen molar-refractivity contribution in [1.82, 2.24) is 0 Å². The van der Waals surface area contributed by atoms with Gasteiger partial charge in [0.15, 0.2) is 5.79 Å². The van der Waals surface area contributed by atoms with Crippen molar-refractivity contribution in [3.05, 3.63) is 0 Å². The van der Waals surface area contributed by atoms with Crippen molar-refractivity contribution in [3.63, 3.8) is 0 Å². The van der Waals surface area contributed by atoms with E-state index in [4.69, 9.17) is 15.2 Å². The number of ether oxygens (including phenoxy) is 2. The molecule has 1 atom stereocenters. The summed E-state index contributed by atoms with van der Waals surface area (Å²) in [6.07, 6.45) is 0. The van der Waals surface area contributed by atoms with Crippen molar-refractivity contribution < 1.29 is 9.47 Å². The molecule has 0 radical (unpaired) electrons. The fraction of sp³-hybridized carbons (Fsp3) is 1.00. The van der Waals surface area contributed by atoms with Gasteiger partial charge < -0.3 is 15.2 Å². The number of rotatable bonds is 0. The van der Waals surface area contributed by atoms with Crippen LogP contribution in [0.1, 0.15) is 20.8 Å². The third-order valence-corrected chi connectivity index (χ3v) is 1.19. The highest BCUT2D eigenvalue weighted by atomic mass is 16.8. The third-order valence-electron chi connectivity index (χ3n) is 1.19. The minimum atomic E-state index is -0.594. The summed E-state index contributed by atoms with van der Waals surface area (Å²) in [5, 5.41) is 0. The second-order valence-corrected chi connectivity index (χ2v) is 3.10. The van der Waals surface area contributed by atoms with E-state index in [0.717, 1.165) is 0 Å². The summed E-state index contributed by atoms with van der Waals surface area (Å²) in [5.41, 5.74) is 5.01. The Bertz CT molecular complexity index is 106. The minimum Gasteiger partial charge on any atom is -0.346 e. The lowest BCUT2D eigenvalue weighted by atomic mass is 10.3. The molecule has 0 aromatic carbocycles. The fourth-order valence-corrected chi connectivity index (χ4v) is 0.938. The van der Waals surface area contributed by atoms with E-state index in [1.165, 1.54) is 0 Å². The van der Waals surface area contributed by atoms with E-state index in [9.17, 15) is 0 Å². The van der Waals surface area contributed by atoms with Crippen LogP contribution in [0, 0.1) is 0 Å². The lowest BCUT2D eigenvalue weighted by molar-refractivity contribution is -0.156. The van der Waals surface area contributed by atoms with Crippen molar-refractivity contribution in [2.24, 2.45) is 5.73 Å². The van der Waals surface area contributed by atoms with Crippen LogP contribution in [0.4, 0.5) is 0 Å². The zero-order valence-corrected chi connectivity index (χ0v) is 6.10. The zero-order valence-electron chi connectivity index (χ0n) is 6.10. The molecular weight excluding hydrogens is 118 g/mol. The molecule has 9 heavy (non-hydrogen) atoms. The summed E-state index contributed by atoms with van der Waals surface area (Å²) in [6, 6.07) is 0. The van der Waals surface area contributed by atoms with Crippen LogP contribution >= 0.6 is 0 Å². The molecule has 1 rings (SSSR count). The van der Waals surface area contributed by atoms with Gasteiger partial charge in [-0.05, 0) is 20.8 Å². The molecule has 0 spiro atoms. The molecule has 0 aromatic heterocycles. The van der Waals surface area contributed by atoms with Crippen LogP contribution in [-0.4, -0.2) is 18.1 Å². The highest BCUT2D eigenvalue weighted by molar-refractivity contribution is 4.76. The van der Waals surface area contributed by atoms with E-state index in [-0.39, 0.29) is 0 Å². The van der Waals surface area contributed by atoms with Crippen LogP contribution in [0.2, 0.25) is 0 Å². The molecule has 0 bridgehead atoms. The van der Waals surface area contributed by atoms with E-state index in [1.54, 1.807) is 0 Å². The normalized spacial score (nSPS) is 41.3. The Kier molecular flexibility index (Phi) is 1.31. The molecule has 0 saturated carbocycles. The van der Waals surface area contributed by atoms with Crippen LogP contribution in [0.3, 0.4) is 0 Å². The van der Waals surface area contributed by atoms with Crippen LogP contribution in [0.5, 0.6) is 0 Å². The SMILES string of the molecule is CC1(N)COC(C)(C)O1. The van der Waals surface area contributed by atoms with Crippen molar-refractivity contribution in [1.29, 1.82) is 0 Å². The van der Waals surface area contributed by atoms with E-state index >= 15 is 0 Å². The summed E-state index contributed by atoms with van der Waals surface area (Å²) in [7, 11) is 0. The predicted octanol–water partition coefficient (Wildman–Crippen LogP) is 0.444. The molecule has 3 heteroatoms. The van der Waals surface area contributed by atoms with Crippen LogP contribution in [-0.2, 0) is 9.47 Å². The van der Waals surface area contributed by atoms with Gasteiger partial charge in [0.1, 0.15) is 5.72 Å². The van der Waals surface area contributed by atoms with E-state index in [1.807, 2.05) is 20.8 Å². The quantitative estimate of drug-likeness (QED) is 0.519. The largest absolute Gasteiger partial charge is 0.346 e. The molecule has 0 aromatic rings. The highest BCUT2D eigenvalue weighted by Gasteiger charge is 2.38. The number of nitrogens with two attached hydrogens (primary N) is 1. The maximum atomic E-state index is 5.61. The highest BCUT2D eigenvalue weighted by Crippen LogP contribution is 2.26. The summed E-state index contributed by atoms with van der Waals surface area (Å²) in [6.45, 7) is 5.98. The molecule has 1 saturated heterocycles. The second kappa shape index (κ2) is 1.68. The van der Waals surface area contributed by atoms with Gasteiger partial charge in [0.05, 0.1) is 6.61 Å². The Morgan fingerprint density at radius 2 is 1.89 bits per heavy atom. The summed E-state index contributed by atoms with van der Waals surface area (Å²) in [4.78, 5) is 0. The Hall–Kier alpha value is -0.120. The van der Waals surface area contributed by atoms with Gasteiger partial charge in [0.25, 0.3) is 0 Å². The topological polar surface area (TPSA) is 44.5 Å². The maximum absolute atomic E-state index is 5.61. The molecule has 1 aliphatic heterocycles. The fourth-order valence-electron chi connectivity index (χ4n) is 0.938. The lowest BCUT2D eigenvalue weighted by Gasteiger charge is -2.20. The summed E-state index contributed by atoms with van der Waals surface area (Å²) < 4.78 is 10.5. The monoisotopic (exact) mass is 131 g/mol. The lowest BCUT2D eigenvalue weighted by Crippen LogP contribution is -2.40. The van der Waals surface area contributed by atoms with Gasteiger partial charge >= 0.3 is 0 Å². The smallest absolute Gasteiger partial charge is 0.165 e. The van der Waals surface area contributed by atoms with Gasteiger partial charge in [-0.15, -0.1) is 0 Å². The maximum Gasteiger partial charge on any atom is 0.165 e. The first-order valence-corrected chi connectivity index (χ1v) is 3.04. The predicted molar refractivity (Wildman–Crippen MR) is 33.7 cm³/mol. The first kappa shape index (κ1) is 6.99. The van der Waals surface area contributed by atoms with E-state index in [0.29, 0.717) is 6.61 Å². The molecule has 1 heterocycles. The molecular formula is C6H13NO2. The third kappa shape index (κ3) is 1.64. The van der Waals surface area contributed by atoms with Crippen LogP contribution < -0.4 is 5.73 Å². The Morgan fingerprint density at radius 3 is 2.00 bits per heavy atom. The minimum absolute atomic E-state index is 0.472. The molecule has 0 aliphatic carbocycles. The Balaban J connectivity index is 2.58. The number of hydrogen-bond acceptors (Lipinski definition) is 3. The molecule has 1 unspecified atom stereocenters. The molecule has 1 aliphatic rings. The number of hydrogen-bond donors (Lipinski definition) is 1. The van der Waals surface area contributed by atoms with Gasteiger partial charge in [0.2, 0.25) is 0 Å². The van der Waals surface area contributed by atoms with Crippen molar-refractivity contribution >= 4 is 0 Å². The molecule has 54 valence electrons. The zero-order chi connectivity index (χ0) is 7.12. The van der Waals surface area contributed by atoms with Gasteiger partial charge in [-0.1, -0.05) is 0 Å². The van der Waals surface area contributed by atoms with Crippen molar-refractivity contribution in [2.75, 3.05) is 6.61 Å². The van der Waals surface area contributed by atoms with Gasteiger partial charge in [-0.2, -0.15) is 0 Å². The van der Waals surface area contributed by atoms with Crippen LogP contribution in [0.25, 0.3) is 0 Å². The first-order valence-electron chi connectivity index (χ1n) is 3.04. The van der Waals surface area contributed by atoms with Gasteiger partial charge in [-0.25, -0.2) is 0 Å². The van der Waals surface area contributed by atoms with E-state index < -0.39 is 11.5 Å². The van der Waals surface area contributed by atoms with Gasteiger partial charge in [-0.3, -0.25) is 0 Å². The average molecular weight is 131 g/mol. The molecule has 2 N–H and O–H groups in total. The summed E-state index contributed by atoms with van der Waals surface area (Å²) in [5.74, 6) is -0.497. The molecule has 3 nitrogen and oxygen atoms in total. The van der Waals surface area contributed by atoms with Gasteiger partial charge in [0, 0.05) is 0 Å². The van der Waals surface area contributed by atoms with Crippen molar-refractivity contribution in [3.8, 4) is 0 Å². The van der Waals surface area contributed by atoms with Crippen molar-refractivity contribution in [2.45, 2.75) is 32.3 Å². The molecule has 0 amide bonds. The Morgan fingerprint density at radius 1 is 1.33 bits per heavy atom. The average Bonchev–Trinajstić information content (AvgIpc) is 1.78. The molecule has 1 fully saturated rings. The first-order chi connectivity index (χ1) is 3.91.